The largest absolute Gasteiger partial charge is 1.00 e. The second-order valence-electron chi connectivity index (χ2n) is 4.45. The topological polar surface area (TPSA) is 90.0 Å². The van der Waals surface area contributed by atoms with Crippen LogP contribution in [0.5, 0.6) is 0 Å². The Kier molecular flexibility index (Phi) is 4.86. The summed E-state index contributed by atoms with van der Waals surface area (Å²) in [5, 5.41) is 0.383. The monoisotopic (exact) mass is 308 g/mol. The molecule has 2 atom stereocenters. The third kappa shape index (κ3) is 3.56. The summed E-state index contributed by atoms with van der Waals surface area (Å²) in [7, 11) is -5.09. The molecular formula is C8H11F2N2NaO5S. The molecule has 0 spiro atoms. The zero-order chi connectivity index (χ0) is 13.7. The number of hydrogen-bond acceptors (Lipinski definition) is 5. The average molecular weight is 308 g/mol. The summed E-state index contributed by atoms with van der Waals surface area (Å²) in [5.74, 6) is -3.09. The van der Waals surface area contributed by atoms with Crippen LogP contribution in [-0.4, -0.2) is 53.5 Å². The molecule has 0 aromatic heterocycles. The number of hydrogen-bond donors (Lipinski definition) is 0. The minimum atomic E-state index is -5.09. The molecule has 0 aliphatic carbocycles. The van der Waals surface area contributed by atoms with Crippen LogP contribution in [0.1, 0.15) is 19.8 Å². The van der Waals surface area contributed by atoms with E-state index in [1.165, 1.54) is 0 Å². The number of carbonyl (C=O) groups is 1. The Morgan fingerprint density at radius 2 is 2.00 bits per heavy atom. The van der Waals surface area contributed by atoms with Gasteiger partial charge in [-0.3, -0.25) is 0 Å². The average Bonchev–Trinajstić information content (AvgIpc) is 2.40. The molecule has 0 N–H and O–H groups in total. The van der Waals surface area contributed by atoms with Gasteiger partial charge in [0.25, 0.3) is 5.92 Å². The van der Waals surface area contributed by atoms with Crippen LogP contribution in [0, 0.1) is 0 Å². The van der Waals surface area contributed by atoms with Crippen LogP contribution < -0.4 is 29.6 Å². The van der Waals surface area contributed by atoms with Crippen molar-refractivity contribution in [1.29, 1.82) is 0 Å². The van der Waals surface area contributed by atoms with E-state index in [2.05, 4.69) is 4.28 Å². The van der Waals surface area contributed by atoms with Crippen molar-refractivity contribution in [2.45, 2.75) is 37.8 Å². The number of amides is 2. The molecule has 19 heavy (non-hydrogen) atoms. The van der Waals surface area contributed by atoms with Crippen LogP contribution >= 0.6 is 0 Å². The Morgan fingerprint density at radius 3 is 2.47 bits per heavy atom. The van der Waals surface area contributed by atoms with E-state index in [1.54, 1.807) is 0 Å². The Balaban J connectivity index is 0.00000180. The number of hydroxylamine groups is 2. The van der Waals surface area contributed by atoms with Crippen LogP contribution in [0.2, 0.25) is 0 Å². The first-order valence-corrected chi connectivity index (χ1v) is 6.56. The van der Waals surface area contributed by atoms with Crippen molar-refractivity contribution in [1.82, 2.24) is 9.96 Å². The molecular weight excluding hydrogens is 297 g/mol. The first kappa shape index (κ1) is 17.1. The summed E-state index contributed by atoms with van der Waals surface area (Å²) in [4.78, 5) is 12.6. The molecule has 2 aliphatic heterocycles. The van der Waals surface area contributed by atoms with Crippen LogP contribution in [0.4, 0.5) is 13.6 Å². The molecule has 2 rings (SSSR count). The van der Waals surface area contributed by atoms with E-state index in [1.807, 2.05) is 0 Å². The molecule has 0 aromatic carbocycles. The molecule has 2 heterocycles. The second-order valence-corrected chi connectivity index (χ2v) is 5.41. The van der Waals surface area contributed by atoms with E-state index in [-0.39, 0.29) is 48.9 Å². The van der Waals surface area contributed by atoms with Crippen molar-refractivity contribution < 1.29 is 60.4 Å². The maximum absolute atomic E-state index is 13.3. The molecule has 11 heteroatoms. The number of alkyl halides is 2. The van der Waals surface area contributed by atoms with Crippen LogP contribution in [0.3, 0.4) is 0 Å². The van der Waals surface area contributed by atoms with Gasteiger partial charge in [-0.1, -0.05) is 0 Å². The zero-order valence-electron chi connectivity index (χ0n) is 10.4. The molecule has 2 bridgehead atoms. The van der Waals surface area contributed by atoms with Gasteiger partial charge in [0, 0.05) is 13.5 Å². The molecule has 0 saturated carbocycles. The maximum Gasteiger partial charge on any atom is 1.00 e. The molecule has 7 nitrogen and oxygen atoms in total. The van der Waals surface area contributed by atoms with Gasteiger partial charge in [-0.15, -0.1) is 0 Å². The van der Waals surface area contributed by atoms with E-state index >= 15 is 0 Å². The van der Waals surface area contributed by atoms with Gasteiger partial charge in [0.2, 0.25) is 10.4 Å². The predicted octanol–water partition coefficient (Wildman–Crippen LogP) is -2.69. The molecule has 104 valence electrons. The van der Waals surface area contributed by atoms with Crippen LogP contribution in [-0.2, 0) is 14.7 Å². The van der Waals surface area contributed by atoms with Gasteiger partial charge in [-0.25, -0.2) is 22.0 Å². The Bertz CT molecular complexity index is 468. The first-order valence-electron chi connectivity index (χ1n) is 5.22. The van der Waals surface area contributed by atoms with Crippen molar-refractivity contribution in [3.8, 4) is 0 Å². The van der Waals surface area contributed by atoms with Crippen molar-refractivity contribution in [2.24, 2.45) is 0 Å². The Morgan fingerprint density at radius 1 is 1.42 bits per heavy atom. The number of fused-ring (bicyclic) bond motifs is 2. The summed E-state index contributed by atoms with van der Waals surface area (Å²) < 4.78 is 61.9. The predicted molar refractivity (Wildman–Crippen MR) is 52.2 cm³/mol. The third-order valence-corrected chi connectivity index (χ3v) is 3.42. The Hall–Kier alpha value is -0.000000000000000222. The molecule has 2 saturated heterocycles. The molecule has 2 fully saturated rings. The summed E-state index contributed by atoms with van der Waals surface area (Å²) >= 11 is 0. The second kappa shape index (κ2) is 5.41. The SMILES string of the molecule is CC(F)(F)[C@@H]1CC[C@@H]2CN1C(=O)N2OS(=O)(=O)[O-].[Na+]. The van der Waals surface area contributed by atoms with Gasteiger partial charge in [0.15, 0.2) is 0 Å². The van der Waals surface area contributed by atoms with Gasteiger partial charge in [-0.05, 0) is 12.8 Å². The fourth-order valence-corrected chi connectivity index (χ4v) is 2.74. The maximum atomic E-state index is 13.3. The van der Waals surface area contributed by atoms with Crippen molar-refractivity contribution in [3.63, 3.8) is 0 Å². The molecule has 2 aliphatic rings. The third-order valence-electron chi connectivity index (χ3n) is 3.08. The normalized spacial score (nSPS) is 27.5. The summed E-state index contributed by atoms with van der Waals surface area (Å²) in [5.41, 5.74) is 0. The quantitative estimate of drug-likeness (QED) is 0.322. The molecule has 0 radical (unpaired) electrons. The van der Waals surface area contributed by atoms with Crippen LogP contribution in [0.25, 0.3) is 0 Å². The molecule has 2 amide bonds. The zero-order valence-corrected chi connectivity index (χ0v) is 13.2. The minimum absolute atomic E-state index is 0. The van der Waals surface area contributed by atoms with Crippen molar-refractivity contribution >= 4 is 16.4 Å². The van der Waals surface area contributed by atoms with Gasteiger partial charge in [0.05, 0.1) is 12.1 Å². The van der Waals surface area contributed by atoms with Crippen molar-refractivity contribution in [3.05, 3.63) is 0 Å². The standard InChI is InChI=1S/C8H12F2N2O5S.Na/c1-8(9,10)6-3-2-5-4-11(6)7(13)12(5)17-18(14,15)16;/h5-6H,2-4H2,1H3,(H,14,15,16);/q;+1/p-1/t5-,6+;/m1./s1. The number of piperidine rings is 1. The number of urea groups is 1. The van der Waals surface area contributed by atoms with E-state index in [0.717, 1.165) is 4.90 Å². The summed E-state index contributed by atoms with van der Waals surface area (Å²) in [6.07, 6.45) is 0.185. The van der Waals surface area contributed by atoms with Crippen molar-refractivity contribution in [2.75, 3.05) is 6.54 Å². The van der Waals surface area contributed by atoms with E-state index in [0.29, 0.717) is 12.0 Å². The van der Waals surface area contributed by atoms with Gasteiger partial charge < -0.3 is 9.45 Å². The van der Waals surface area contributed by atoms with Gasteiger partial charge in [-0.2, -0.15) is 9.35 Å². The number of carbonyl (C=O) groups excluding carboxylic acids is 1. The Labute approximate surface area is 131 Å². The fourth-order valence-electron chi connectivity index (χ4n) is 2.36. The summed E-state index contributed by atoms with van der Waals surface area (Å²) in [6, 6.07) is -2.99. The van der Waals surface area contributed by atoms with Gasteiger partial charge in [0.1, 0.15) is 0 Å². The molecule has 0 aromatic rings. The summed E-state index contributed by atoms with van der Waals surface area (Å²) in [6.45, 7) is 0.627. The fraction of sp³-hybridized carbons (Fsp3) is 0.875. The number of halogens is 2. The minimum Gasteiger partial charge on any atom is -0.724 e. The molecule has 0 unspecified atom stereocenters. The number of rotatable bonds is 3. The van der Waals surface area contributed by atoms with Gasteiger partial charge >= 0.3 is 35.6 Å². The first-order chi connectivity index (χ1) is 8.09. The number of nitrogens with zero attached hydrogens (tertiary/aromatic N) is 2. The van der Waals surface area contributed by atoms with E-state index in [4.69, 9.17) is 0 Å². The van der Waals surface area contributed by atoms with E-state index in [9.17, 15) is 26.5 Å². The van der Waals surface area contributed by atoms with Crippen LogP contribution in [0.15, 0.2) is 0 Å². The smallest absolute Gasteiger partial charge is 0.724 e. The van der Waals surface area contributed by atoms with E-state index < -0.39 is 34.4 Å².